The predicted octanol–water partition coefficient (Wildman–Crippen LogP) is 5.89. The van der Waals surface area contributed by atoms with Gasteiger partial charge in [-0.05, 0) is 66.8 Å². The van der Waals surface area contributed by atoms with Crippen LogP contribution < -0.4 is 5.32 Å². The minimum absolute atomic E-state index is 0.164. The van der Waals surface area contributed by atoms with Gasteiger partial charge in [0.1, 0.15) is 0 Å². The Kier molecular flexibility index (Phi) is 4.87. The monoisotopic (exact) mass is 471 g/mol. The van der Waals surface area contributed by atoms with E-state index < -0.39 is 10.0 Å². The number of anilines is 1. The number of hydrogen-bond acceptors (Lipinski definition) is 3. The molecule has 1 aliphatic heterocycles. The number of aryl methyl sites for hydroxylation is 1. The molecule has 3 atom stereocenters. The molecule has 1 aliphatic carbocycles. The third-order valence-corrected chi connectivity index (χ3v) is 9.40. The summed E-state index contributed by atoms with van der Waals surface area (Å²) in [6.07, 6.45) is 5.47. The van der Waals surface area contributed by atoms with E-state index in [9.17, 15) is 8.42 Å². The summed E-state index contributed by atoms with van der Waals surface area (Å²) in [7, 11) is -0.318. The second kappa shape index (κ2) is 7.72. The maximum absolute atomic E-state index is 12.7. The van der Waals surface area contributed by atoms with Crippen LogP contribution in [0.2, 0.25) is 0 Å². The number of hydrogen-bond donors (Lipinski definition) is 1. The van der Waals surface area contributed by atoms with Crippen molar-refractivity contribution in [3.8, 4) is 0 Å². The van der Waals surface area contributed by atoms with Crippen molar-refractivity contribution >= 4 is 37.5 Å². The van der Waals surface area contributed by atoms with Gasteiger partial charge >= 0.3 is 0 Å². The molecule has 3 unspecified atom stereocenters. The van der Waals surface area contributed by atoms with Gasteiger partial charge in [0.05, 0.1) is 10.9 Å². The number of nitrogens with zero attached hydrogens (tertiary/aromatic N) is 2. The molecule has 4 aromatic rings. The van der Waals surface area contributed by atoms with E-state index in [0.717, 1.165) is 24.2 Å². The predicted molar refractivity (Wildman–Crippen MR) is 139 cm³/mol. The Balaban J connectivity index is 1.46. The largest absolute Gasteiger partial charge is 0.378 e. The summed E-state index contributed by atoms with van der Waals surface area (Å²) in [5, 5.41) is 6.35. The maximum atomic E-state index is 12.7. The van der Waals surface area contributed by atoms with Crippen LogP contribution >= 0.6 is 0 Å². The zero-order valence-electron chi connectivity index (χ0n) is 19.7. The van der Waals surface area contributed by atoms with Crippen molar-refractivity contribution in [2.75, 3.05) is 19.4 Å². The molecule has 0 fully saturated rings. The summed E-state index contributed by atoms with van der Waals surface area (Å²) < 4.78 is 29.1. The van der Waals surface area contributed by atoms with E-state index in [1.807, 2.05) is 12.1 Å². The lowest BCUT2D eigenvalue weighted by molar-refractivity contribution is 0.425. The number of allylic oxidation sites excluding steroid dienone is 2. The number of aromatic nitrogens is 1. The molecule has 0 bridgehead atoms. The third kappa shape index (κ3) is 3.05. The van der Waals surface area contributed by atoms with Gasteiger partial charge in [-0.15, -0.1) is 0 Å². The van der Waals surface area contributed by atoms with Crippen LogP contribution in [-0.2, 0) is 16.6 Å². The number of nitrogens with one attached hydrogen (secondary N) is 1. The SMILES string of the molecule is CCn1c2ccccc2c2cc(C3Nc4ccc(S(=O)(=O)N(C)C)cc4C4C=CCC43)ccc21. The molecule has 0 radical (unpaired) electrons. The molecule has 6 heteroatoms. The first-order chi connectivity index (χ1) is 16.4. The Morgan fingerprint density at radius 1 is 1.00 bits per heavy atom. The number of benzene rings is 3. The van der Waals surface area contributed by atoms with Gasteiger partial charge in [-0.25, -0.2) is 12.7 Å². The summed E-state index contributed by atoms with van der Waals surface area (Å²) in [6.45, 7) is 3.13. The smallest absolute Gasteiger partial charge is 0.242 e. The highest BCUT2D eigenvalue weighted by Crippen LogP contribution is 2.50. The van der Waals surface area contributed by atoms with Crippen LogP contribution in [0.5, 0.6) is 0 Å². The summed E-state index contributed by atoms with van der Waals surface area (Å²) in [4.78, 5) is 0.351. The average Bonchev–Trinajstić information content (AvgIpc) is 3.46. The lowest BCUT2D eigenvalue weighted by atomic mass is 9.77. The molecule has 3 aromatic carbocycles. The van der Waals surface area contributed by atoms with Crippen molar-refractivity contribution in [3.05, 3.63) is 83.9 Å². The van der Waals surface area contributed by atoms with Gasteiger partial charge in [-0.1, -0.05) is 36.4 Å². The minimum atomic E-state index is -3.47. The number of fused-ring (bicyclic) bond motifs is 6. The standard InChI is InChI=1S/C28H29N3O2S/c1-4-31-26-11-6-5-8-21(26)24-16-18(12-15-27(24)31)28-22-10-7-9-20(22)23-17-19(13-14-25(23)29-28)34(32,33)30(2)3/h5-9,11-17,20,22,28-29H,4,10H2,1-3H3. The van der Waals surface area contributed by atoms with Crippen LogP contribution in [0.1, 0.15) is 36.4 Å². The minimum Gasteiger partial charge on any atom is -0.378 e. The molecule has 1 N–H and O–H groups in total. The molecule has 2 aliphatic rings. The lowest BCUT2D eigenvalue weighted by Crippen LogP contribution is -2.29. The lowest BCUT2D eigenvalue weighted by Gasteiger charge is -2.38. The van der Waals surface area contributed by atoms with Crippen molar-refractivity contribution < 1.29 is 8.42 Å². The second-order valence-corrected chi connectivity index (χ2v) is 11.7. The topological polar surface area (TPSA) is 54.3 Å². The highest BCUT2D eigenvalue weighted by Gasteiger charge is 2.38. The van der Waals surface area contributed by atoms with Crippen LogP contribution in [0.4, 0.5) is 5.69 Å². The molecule has 1 aromatic heterocycles. The van der Waals surface area contributed by atoms with E-state index in [1.165, 1.54) is 31.7 Å². The summed E-state index contributed by atoms with van der Waals surface area (Å²) >= 11 is 0. The molecule has 0 saturated carbocycles. The van der Waals surface area contributed by atoms with Crippen LogP contribution in [-0.4, -0.2) is 31.4 Å². The van der Waals surface area contributed by atoms with Crippen molar-refractivity contribution in [3.63, 3.8) is 0 Å². The molecular weight excluding hydrogens is 442 g/mol. The quantitative estimate of drug-likeness (QED) is 0.378. The Labute approximate surface area is 200 Å². The summed E-state index contributed by atoms with van der Waals surface area (Å²) in [5.74, 6) is 0.549. The van der Waals surface area contributed by atoms with Gasteiger partial charge in [-0.2, -0.15) is 0 Å². The van der Waals surface area contributed by atoms with E-state index in [1.54, 1.807) is 20.2 Å². The molecule has 2 heterocycles. The molecule has 5 nitrogen and oxygen atoms in total. The average molecular weight is 472 g/mol. The fourth-order valence-electron chi connectivity index (χ4n) is 5.88. The van der Waals surface area contributed by atoms with Gasteiger partial charge in [-0.3, -0.25) is 0 Å². The van der Waals surface area contributed by atoms with Gasteiger partial charge in [0, 0.05) is 54.1 Å². The maximum Gasteiger partial charge on any atom is 0.242 e. The number of sulfonamides is 1. The fraction of sp³-hybridized carbons (Fsp3) is 0.286. The first kappa shape index (κ1) is 21.4. The molecule has 0 amide bonds. The molecule has 174 valence electrons. The normalized spacial score (nSPS) is 21.7. The molecule has 0 saturated heterocycles. The van der Waals surface area contributed by atoms with Crippen LogP contribution in [0, 0.1) is 5.92 Å². The van der Waals surface area contributed by atoms with E-state index in [0.29, 0.717) is 10.8 Å². The molecule has 6 rings (SSSR count). The van der Waals surface area contributed by atoms with Crippen molar-refractivity contribution in [1.29, 1.82) is 0 Å². The fourth-order valence-corrected chi connectivity index (χ4v) is 6.82. The van der Waals surface area contributed by atoms with Crippen LogP contribution in [0.25, 0.3) is 21.8 Å². The highest BCUT2D eigenvalue weighted by atomic mass is 32.2. The Hall–Kier alpha value is -3.09. The summed E-state index contributed by atoms with van der Waals surface area (Å²) in [6, 6.07) is 21.2. The molecular formula is C28H29N3O2S. The molecule has 0 spiro atoms. The van der Waals surface area contributed by atoms with Crippen molar-refractivity contribution in [2.45, 2.75) is 36.7 Å². The first-order valence-corrected chi connectivity index (χ1v) is 13.3. The molecule has 34 heavy (non-hydrogen) atoms. The third-order valence-electron chi connectivity index (χ3n) is 7.58. The Morgan fingerprint density at radius 2 is 1.79 bits per heavy atom. The number of rotatable bonds is 4. The van der Waals surface area contributed by atoms with Crippen molar-refractivity contribution in [2.24, 2.45) is 5.92 Å². The van der Waals surface area contributed by atoms with Gasteiger partial charge in [0.15, 0.2) is 0 Å². The second-order valence-electron chi connectivity index (χ2n) is 9.55. The van der Waals surface area contributed by atoms with E-state index in [-0.39, 0.29) is 12.0 Å². The first-order valence-electron chi connectivity index (χ1n) is 11.9. The van der Waals surface area contributed by atoms with E-state index in [4.69, 9.17) is 0 Å². The zero-order valence-corrected chi connectivity index (χ0v) is 20.5. The van der Waals surface area contributed by atoms with Crippen molar-refractivity contribution in [1.82, 2.24) is 8.87 Å². The van der Waals surface area contributed by atoms with Gasteiger partial charge < -0.3 is 9.88 Å². The Bertz CT molecular complexity index is 1570. The van der Waals surface area contributed by atoms with Crippen LogP contribution in [0.3, 0.4) is 0 Å². The Morgan fingerprint density at radius 3 is 2.59 bits per heavy atom. The van der Waals surface area contributed by atoms with Gasteiger partial charge in [0.2, 0.25) is 10.0 Å². The number of para-hydroxylation sites is 1. The van der Waals surface area contributed by atoms with E-state index >= 15 is 0 Å². The zero-order chi connectivity index (χ0) is 23.6. The van der Waals surface area contributed by atoms with E-state index in [2.05, 4.69) is 71.4 Å². The summed E-state index contributed by atoms with van der Waals surface area (Å²) in [5.41, 5.74) is 5.91. The van der Waals surface area contributed by atoms with Crippen LogP contribution in [0.15, 0.2) is 77.7 Å². The highest BCUT2D eigenvalue weighted by molar-refractivity contribution is 7.89. The van der Waals surface area contributed by atoms with Gasteiger partial charge in [0.25, 0.3) is 0 Å².